The summed E-state index contributed by atoms with van der Waals surface area (Å²) in [4.78, 5) is 16.2. The zero-order chi connectivity index (χ0) is 17.6. The Morgan fingerprint density at radius 3 is 2.76 bits per heavy atom. The lowest BCUT2D eigenvalue weighted by Crippen LogP contribution is -2.10. The fourth-order valence-corrected chi connectivity index (χ4v) is 3.92. The third-order valence-corrected chi connectivity index (χ3v) is 5.19. The highest BCUT2D eigenvalue weighted by Crippen LogP contribution is 2.37. The zero-order valence-electron chi connectivity index (χ0n) is 13.0. The molecule has 128 valence electrons. The maximum Gasteiger partial charge on any atom is 0.152 e. The summed E-state index contributed by atoms with van der Waals surface area (Å²) >= 11 is 18.7. The van der Waals surface area contributed by atoms with Gasteiger partial charge in [-0.25, -0.2) is 4.98 Å². The van der Waals surface area contributed by atoms with Gasteiger partial charge in [-0.3, -0.25) is 4.79 Å². The smallest absolute Gasteiger partial charge is 0.152 e. The summed E-state index contributed by atoms with van der Waals surface area (Å²) in [6, 6.07) is 8.69. The van der Waals surface area contributed by atoms with E-state index in [-0.39, 0.29) is 0 Å². The Bertz CT molecular complexity index is 984. The number of rotatable bonds is 2. The van der Waals surface area contributed by atoms with Crippen molar-refractivity contribution in [3.63, 3.8) is 0 Å². The minimum absolute atomic E-state index is 0.449. The summed E-state index contributed by atoms with van der Waals surface area (Å²) < 4.78 is 8.04. The number of nitrogens with zero attached hydrogens (tertiary/aromatic N) is 2. The van der Waals surface area contributed by atoms with Gasteiger partial charge < -0.3 is 9.30 Å². The van der Waals surface area contributed by atoms with Crippen molar-refractivity contribution >= 4 is 52.1 Å². The quantitative estimate of drug-likeness (QED) is 0.552. The highest BCUT2D eigenvalue weighted by Gasteiger charge is 2.28. The first kappa shape index (κ1) is 16.9. The number of aryl methyl sites for hydroxylation is 1. The molecule has 0 spiro atoms. The van der Waals surface area contributed by atoms with E-state index < -0.39 is 6.10 Å². The number of ether oxygens (including phenoxy) is 1. The third-order valence-electron chi connectivity index (χ3n) is 4.32. The number of carbonyl (C=O) groups is 1. The lowest BCUT2D eigenvalue weighted by atomic mass is 10.1. The van der Waals surface area contributed by atoms with Crippen molar-refractivity contribution in [1.82, 2.24) is 9.55 Å². The van der Waals surface area contributed by atoms with Crippen molar-refractivity contribution in [2.24, 2.45) is 0 Å². The molecule has 0 amide bonds. The van der Waals surface area contributed by atoms with Gasteiger partial charge in [-0.2, -0.15) is 0 Å². The summed E-state index contributed by atoms with van der Waals surface area (Å²) in [7, 11) is 0. The van der Waals surface area contributed by atoms with Crippen LogP contribution in [-0.4, -0.2) is 22.4 Å². The minimum atomic E-state index is -0.449. The number of fused-ring (bicyclic) bond motifs is 3. The summed E-state index contributed by atoms with van der Waals surface area (Å²) in [5, 5.41) is 1.57. The first-order chi connectivity index (χ1) is 12.1. The molecule has 0 N–H and O–H groups in total. The van der Waals surface area contributed by atoms with E-state index in [1.807, 2.05) is 10.6 Å². The minimum Gasteiger partial charge on any atom is -0.365 e. The fourth-order valence-electron chi connectivity index (χ4n) is 3.21. The molecule has 1 aliphatic heterocycles. The van der Waals surface area contributed by atoms with Crippen LogP contribution >= 0.6 is 34.8 Å². The monoisotopic (exact) mass is 394 g/mol. The van der Waals surface area contributed by atoms with Gasteiger partial charge in [0.2, 0.25) is 0 Å². The lowest BCUT2D eigenvalue weighted by molar-refractivity contribution is 0.0814. The molecule has 2 heterocycles. The Labute approximate surface area is 159 Å². The number of halogens is 3. The van der Waals surface area contributed by atoms with Crippen molar-refractivity contribution in [2.75, 3.05) is 6.61 Å². The maximum absolute atomic E-state index is 11.5. The van der Waals surface area contributed by atoms with Crippen molar-refractivity contribution in [2.45, 2.75) is 19.1 Å². The first-order valence-corrected chi connectivity index (χ1v) is 8.94. The predicted octanol–water partition coefficient (Wildman–Crippen LogP) is 5.32. The molecule has 4 rings (SSSR count). The van der Waals surface area contributed by atoms with E-state index in [2.05, 4.69) is 0 Å². The van der Waals surface area contributed by atoms with Crippen LogP contribution in [0.4, 0.5) is 0 Å². The fraction of sp³-hybridized carbons (Fsp3) is 0.222. The zero-order valence-corrected chi connectivity index (χ0v) is 15.3. The molecule has 1 unspecified atom stereocenters. The van der Waals surface area contributed by atoms with Gasteiger partial charge in [0.15, 0.2) is 6.29 Å². The molecule has 0 saturated carbocycles. The lowest BCUT2D eigenvalue weighted by Gasteiger charge is -2.17. The molecule has 7 heteroatoms. The second-order valence-electron chi connectivity index (χ2n) is 5.84. The van der Waals surface area contributed by atoms with Gasteiger partial charge in [-0.15, -0.1) is 0 Å². The van der Waals surface area contributed by atoms with Crippen molar-refractivity contribution in [3.05, 3.63) is 62.4 Å². The third kappa shape index (κ3) is 2.83. The second-order valence-corrected chi connectivity index (χ2v) is 7.09. The average molecular weight is 396 g/mol. The molecule has 3 aromatic rings. The van der Waals surface area contributed by atoms with E-state index in [0.29, 0.717) is 45.1 Å². The number of aldehydes is 1. The molecule has 0 aliphatic carbocycles. The topological polar surface area (TPSA) is 44.1 Å². The summed E-state index contributed by atoms with van der Waals surface area (Å²) in [5.74, 6) is 0.688. The molecule has 0 fully saturated rings. The molecular formula is C18H13Cl3N2O2. The first-order valence-electron chi connectivity index (χ1n) is 7.80. The number of aromatic nitrogens is 2. The van der Waals surface area contributed by atoms with Gasteiger partial charge in [-0.05, 0) is 30.7 Å². The Hall–Kier alpha value is -1.59. The van der Waals surface area contributed by atoms with Crippen LogP contribution in [0.3, 0.4) is 0 Å². The number of hydrogen-bond donors (Lipinski definition) is 0. The van der Waals surface area contributed by atoms with Crippen LogP contribution in [-0.2, 0) is 11.3 Å². The summed E-state index contributed by atoms with van der Waals surface area (Å²) in [6.07, 6.45) is 1.17. The standard InChI is InChI=1S/C18H13Cl3N2O2/c19-11-3-4-12(14(21)8-11)17-18-22-15-13(20)5-2-10(9-24)16(15)23(18)6-1-7-25-17/h2-5,8-9,17H,1,6-7H2. The second kappa shape index (κ2) is 6.61. The number of hydrogen-bond acceptors (Lipinski definition) is 3. The van der Waals surface area contributed by atoms with Crippen LogP contribution < -0.4 is 0 Å². The highest BCUT2D eigenvalue weighted by atomic mass is 35.5. The molecule has 0 radical (unpaired) electrons. The van der Waals surface area contributed by atoms with Gasteiger partial charge in [0, 0.05) is 34.3 Å². The molecule has 0 bridgehead atoms. The SMILES string of the molecule is O=Cc1ccc(Cl)c2nc3n(c12)CCCOC3c1ccc(Cl)cc1Cl. The van der Waals surface area contributed by atoms with Crippen molar-refractivity contribution < 1.29 is 9.53 Å². The van der Waals surface area contributed by atoms with Gasteiger partial charge in [0.25, 0.3) is 0 Å². The number of benzene rings is 2. The molecule has 0 saturated heterocycles. The highest BCUT2D eigenvalue weighted by molar-refractivity contribution is 6.35. The molecule has 1 aromatic heterocycles. The van der Waals surface area contributed by atoms with E-state index >= 15 is 0 Å². The van der Waals surface area contributed by atoms with Crippen LogP contribution in [0.5, 0.6) is 0 Å². The summed E-state index contributed by atoms with van der Waals surface area (Å²) in [6.45, 7) is 1.25. The summed E-state index contributed by atoms with van der Waals surface area (Å²) in [5.41, 5.74) is 2.68. The van der Waals surface area contributed by atoms with Crippen molar-refractivity contribution in [1.29, 1.82) is 0 Å². The van der Waals surface area contributed by atoms with Gasteiger partial charge >= 0.3 is 0 Å². The normalized spacial score (nSPS) is 17.3. The number of carbonyl (C=O) groups excluding carboxylic acids is 1. The largest absolute Gasteiger partial charge is 0.365 e. The Balaban J connectivity index is 1.98. The molecular weight excluding hydrogens is 383 g/mol. The number of imidazole rings is 1. The van der Waals surface area contributed by atoms with E-state index in [4.69, 9.17) is 44.5 Å². The Morgan fingerprint density at radius 2 is 2.00 bits per heavy atom. The van der Waals surface area contributed by atoms with Gasteiger partial charge in [0.1, 0.15) is 17.4 Å². The van der Waals surface area contributed by atoms with Gasteiger partial charge in [-0.1, -0.05) is 40.9 Å². The molecule has 1 aliphatic rings. The maximum atomic E-state index is 11.5. The molecule has 25 heavy (non-hydrogen) atoms. The van der Waals surface area contributed by atoms with Crippen LogP contribution in [0.2, 0.25) is 15.1 Å². The van der Waals surface area contributed by atoms with Crippen LogP contribution in [0, 0.1) is 0 Å². The van der Waals surface area contributed by atoms with Crippen molar-refractivity contribution in [3.8, 4) is 0 Å². The van der Waals surface area contributed by atoms with Crippen LogP contribution in [0.25, 0.3) is 11.0 Å². The van der Waals surface area contributed by atoms with Crippen LogP contribution in [0.15, 0.2) is 30.3 Å². The molecule has 2 aromatic carbocycles. The van der Waals surface area contributed by atoms with Gasteiger partial charge in [0.05, 0.1) is 10.5 Å². The molecule has 1 atom stereocenters. The Kier molecular flexibility index (Phi) is 4.46. The molecule has 4 nitrogen and oxygen atoms in total. The Morgan fingerprint density at radius 1 is 1.16 bits per heavy atom. The van der Waals surface area contributed by atoms with E-state index in [1.54, 1.807) is 24.3 Å². The van der Waals surface area contributed by atoms with E-state index in [0.717, 1.165) is 23.8 Å². The van der Waals surface area contributed by atoms with E-state index in [1.165, 1.54) is 0 Å². The van der Waals surface area contributed by atoms with Crippen LogP contribution in [0.1, 0.15) is 34.3 Å². The predicted molar refractivity (Wildman–Crippen MR) is 99.0 cm³/mol. The average Bonchev–Trinajstić information content (AvgIpc) is 2.85. The van der Waals surface area contributed by atoms with E-state index in [9.17, 15) is 4.79 Å².